The summed E-state index contributed by atoms with van der Waals surface area (Å²) in [6, 6.07) is 6.60. The lowest BCUT2D eigenvalue weighted by Gasteiger charge is -2.22. The first-order valence-corrected chi connectivity index (χ1v) is 5.79. The van der Waals surface area contributed by atoms with Crippen LogP contribution in [0.15, 0.2) is 24.3 Å². The van der Waals surface area contributed by atoms with E-state index in [9.17, 15) is 4.79 Å². The molecule has 4 nitrogen and oxygen atoms in total. The summed E-state index contributed by atoms with van der Waals surface area (Å²) in [6.45, 7) is 2.22. The minimum absolute atomic E-state index is 0.259. The summed E-state index contributed by atoms with van der Waals surface area (Å²) in [7, 11) is 0. The van der Waals surface area contributed by atoms with Crippen LogP contribution in [0, 0.1) is 5.92 Å². The topological polar surface area (TPSA) is 55.8 Å². The van der Waals surface area contributed by atoms with E-state index in [0.29, 0.717) is 18.3 Å². The van der Waals surface area contributed by atoms with Gasteiger partial charge in [-0.15, -0.1) is 0 Å². The number of carboxylic acid groups (broad SMARTS) is 1. The Labute approximate surface area is 100 Å². The summed E-state index contributed by atoms with van der Waals surface area (Å²) in [6.07, 6.45) is 2.03. The van der Waals surface area contributed by atoms with E-state index in [4.69, 9.17) is 14.6 Å². The lowest BCUT2D eigenvalue weighted by Crippen LogP contribution is -2.21. The fraction of sp³-hybridized carbons (Fsp3) is 0.462. The molecule has 0 spiro atoms. The zero-order valence-corrected chi connectivity index (χ0v) is 9.59. The smallest absolute Gasteiger partial charge is 0.335 e. The average Bonchev–Trinajstić information content (AvgIpc) is 2.38. The van der Waals surface area contributed by atoms with Crippen molar-refractivity contribution in [3.63, 3.8) is 0 Å². The summed E-state index contributed by atoms with van der Waals surface area (Å²) >= 11 is 0. The van der Waals surface area contributed by atoms with E-state index in [1.54, 1.807) is 24.3 Å². The molecule has 2 rings (SSSR count). The summed E-state index contributed by atoms with van der Waals surface area (Å²) in [5, 5.41) is 8.85. The molecule has 1 N–H and O–H groups in total. The molecule has 0 bridgehead atoms. The number of ether oxygens (including phenoxy) is 2. The van der Waals surface area contributed by atoms with E-state index in [-0.39, 0.29) is 5.56 Å². The molecule has 1 aliphatic heterocycles. The van der Waals surface area contributed by atoms with Crippen molar-refractivity contribution < 1.29 is 19.4 Å². The monoisotopic (exact) mass is 236 g/mol. The Morgan fingerprint density at radius 3 is 2.88 bits per heavy atom. The Kier molecular flexibility index (Phi) is 3.98. The maximum absolute atomic E-state index is 10.8. The van der Waals surface area contributed by atoms with Crippen molar-refractivity contribution in [3.8, 4) is 5.75 Å². The van der Waals surface area contributed by atoms with Crippen molar-refractivity contribution in [2.24, 2.45) is 5.92 Å². The van der Waals surface area contributed by atoms with Crippen LogP contribution in [0.1, 0.15) is 23.2 Å². The standard InChI is InChI=1S/C13H16O4/c14-13(15)11-2-1-3-12(8-11)17-9-10-4-6-16-7-5-10/h1-3,8,10H,4-7,9H2,(H,14,15). The third-order valence-corrected chi connectivity index (χ3v) is 2.91. The molecule has 1 fully saturated rings. The van der Waals surface area contributed by atoms with Gasteiger partial charge in [-0.3, -0.25) is 0 Å². The van der Waals surface area contributed by atoms with Crippen LogP contribution in [0.3, 0.4) is 0 Å². The van der Waals surface area contributed by atoms with Gasteiger partial charge in [0.05, 0.1) is 12.2 Å². The molecule has 0 amide bonds. The summed E-state index contributed by atoms with van der Waals surface area (Å²) in [5.41, 5.74) is 0.259. The summed E-state index contributed by atoms with van der Waals surface area (Å²) in [5.74, 6) is 0.204. The van der Waals surface area contributed by atoms with Gasteiger partial charge < -0.3 is 14.6 Å². The van der Waals surface area contributed by atoms with Crippen molar-refractivity contribution in [2.45, 2.75) is 12.8 Å². The van der Waals surface area contributed by atoms with E-state index in [2.05, 4.69) is 0 Å². The molecule has 1 saturated heterocycles. The molecule has 1 aromatic carbocycles. The number of hydrogen-bond donors (Lipinski definition) is 1. The van der Waals surface area contributed by atoms with E-state index in [1.165, 1.54) is 0 Å². The molecule has 1 aromatic rings. The molecule has 1 heterocycles. The number of benzene rings is 1. The van der Waals surface area contributed by atoms with Gasteiger partial charge in [0, 0.05) is 13.2 Å². The van der Waals surface area contributed by atoms with Gasteiger partial charge in [0.2, 0.25) is 0 Å². The normalized spacial score (nSPS) is 16.7. The van der Waals surface area contributed by atoms with E-state index in [1.807, 2.05) is 0 Å². The molecule has 1 aliphatic rings. The molecule has 0 atom stereocenters. The predicted octanol–water partition coefficient (Wildman–Crippen LogP) is 2.19. The van der Waals surface area contributed by atoms with Gasteiger partial charge in [0.1, 0.15) is 5.75 Å². The number of hydrogen-bond acceptors (Lipinski definition) is 3. The quantitative estimate of drug-likeness (QED) is 0.870. The molecule has 4 heteroatoms. The first-order chi connectivity index (χ1) is 8.25. The molecule has 17 heavy (non-hydrogen) atoms. The molecule has 92 valence electrons. The molecule has 0 aliphatic carbocycles. The highest BCUT2D eigenvalue weighted by Gasteiger charge is 2.14. The second kappa shape index (κ2) is 5.68. The van der Waals surface area contributed by atoms with Crippen LogP contribution in [0.4, 0.5) is 0 Å². The van der Waals surface area contributed by atoms with Crippen LogP contribution < -0.4 is 4.74 Å². The van der Waals surface area contributed by atoms with Gasteiger partial charge in [0.25, 0.3) is 0 Å². The van der Waals surface area contributed by atoms with Gasteiger partial charge >= 0.3 is 5.97 Å². The Morgan fingerprint density at radius 2 is 2.18 bits per heavy atom. The van der Waals surface area contributed by atoms with Gasteiger partial charge in [-0.05, 0) is 37.0 Å². The molecule has 0 saturated carbocycles. The highest BCUT2D eigenvalue weighted by molar-refractivity contribution is 5.87. The minimum Gasteiger partial charge on any atom is -0.493 e. The first-order valence-electron chi connectivity index (χ1n) is 5.79. The number of carbonyl (C=O) groups is 1. The summed E-state index contributed by atoms with van der Waals surface area (Å²) in [4.78, 5) is 10.8. The molecule has 0 radical (unpaired) electrons. The predicted molar refractivity (Wildman–Crippen MR) is 62.4 cm³/mol. The minimum atomic E-state index is -0.929. The number of aromatic carboxylic acids is 1. The molecule has 0 unspecified atom stereocenters. The average molecular weight is 236 g/mol. The zero-order chi connectivity index (χ0) is 12.1. The van der Waals surface area contributed by atoms with Gasteiger partial charge in [-0.2, -0.15) is 0 Å². The third kappa shape index (κ3) is 3.46. The van der Waals surface area contributed by atoms with Crippen LogP contribution >= 0.6 is 0 Å². The van der Waals surface area contributed by atoms with E-state index >= 15 is 0 Å². The van der Waals surface area contributed by atoms with Crippen molar-refractivity contribution >= 4 is 5.97 Å². The highest BCUT2D eigenvalue weighted by atomic mass is 16.5. The van der Waals surface area contributed by atoms with Crippen molar-refractivity contribution in [3.05, 3.63) is 29.8 Å². The third-order valence-electron chi connectivity index (χ3n) is 2.91. The van der Waals surface area contributed by atoms with Crippen LogP contribution in [-0.4, -0.2) is 30.9 Å². The van der Waals surface area contributed by atoms with Crippen molar-refractivity contribution in [2.75, 3.05) is 19.8 Å². The first kappa shape index (κ1) is 11.9. The van der Waals surface area contributed by atoms with Gasteiger partial charge in [-0.25, -0.2) is 4.79 Å². The lowest BCUT2D eigenvalue weighted by molar-refractivity contribution is 0.0497. The Balaban J connectivity index is 1.89. The maximum Gasteiger partial charge on any atom is 0.335 e. The Morgan fingerprint density at radius 1 is 1.41 bits per heavy atom. The second-order valence-electron chi connectivity index (χ2n) is 4.20. The van der Waals surface area contributed by atoms with Crippen LogP contribution in [0.2, 0.25) is 0 Å². The number of rotatable bonds is 4. The van der Waals surface area contributed by atoms with Crippen molar-refractivity contribution in [1.82, 2.24) is 0 Å². The van der Waals surface area contributed by atoms with Crippen LogP contribution in [0.25, 0.3) is 0 Å². The number of carboxylic acids is 1. The van der Waals surface area contributed by atoms with Crippen molar-refractivity contribution in [1.29, 1.82) is 0 Å². The van der Waals surface area contributed by atoms with E-state index < -0.39 is 5.97 Å². The van der Waals surface area contributed by atoms with Gasteiger partial charge in [-0.1, -0.05) is 6.07 Å². The SMILES string of the molecule is O=C(O)c1cccc(OCC2CCOCC2)c1. The highest BCUT2D eigenvalue weighted by Crippen LogP contribution is 2.18. The van der Waals surface area contributed by atoms with E-state index in [0.717, 1.165) is 26.1 Å². The maximum atomic E-state index is 10.8. The molecular weight excluding hydrogens is 220 g/mol. The fourth-order valence-electron chi connectivity index (χ4n) is 1.85. The van der Waals surface area contributed by atoms with Crippen LogP contribution in [-0.2, 0) is 4.74 Å². The Hall–Kier alpha value is -1.55. The largest absolute Gasteiger partial charge is 0.493 e. The zero-order valence-electron chi connectivity index (χ0n) is 9.59. The van der Waals surface area contributed by atoms with Gasteiger partial charge in [0.15, 0.2) is 0 Å². The van der Waals surface area contributed by atoms with Crippen LogP contribution in [0.5, 0.6) is 5.75 Å². The lowest BCUT2D eigenvalue weighted by atomic mass is 10.0. The fourth-order valence-corrected chi connectivity index (χ4v) is 1.85. The Bertz CT molecular complexity index is 383. The summed E-state index contributed by atoms with van der Waals surface area (Å²) < 4.78 is 10.9. The second-order valence-corrected chi connectivity index (χ2v) is 4.20. The molecule has 0 aromatic heterocycles. The molecular formula is C13H16O4.